The summed E-state index contributed by atoms with van der Waals surface area (Å²) in [6, 6.07) is 7.10. The lowest BCUT2D eigenvalue weighted by Gasteiger charge is -2.09. The van der Waals surface area contributed by atoms with E-state index < -0.39 is 11.9 Å². The van der Waals surface area contributed by atoms with Gasteiger partial charge in [0, 0.05) is 15.8 Å². The predicted molar refractivity (Wildman–Crippen MR) is 77.6 cm³/mol. The number of carboxylic acids is 1. The lowest BCUT2D eigenvalue weighted by atomic mass is 10.1. The number of hydrogen-bond donors (Lipinski definition) is 3. The highest BCUT2D eigenvalue weighted by atomic mass is 127. The molecule has 1 atom stereocenters. The van der Waals surface area contributed by atoms with E-state index in [0.29, 0.717) is 18.7 Å². The van der Waals surface area contributed by atoms with Crippen molar-refractivity contribution < 1.29 is 14.7 Å². The Morgan fingerprint density at radius 1 is 1.44 bits per heavy atom. The van der Waals surface area contributed by atoms with Crippen molar-refractivity contribution in [2.24, 2.45) is 5.92 Å². The standard InChI is InChI=1S/C12H15IN2O3/c1-8(11(16)17)5-6-14-12(18)15-10-4-2-3-9(13)7-10/h2-4,7-8H,5-6H2,1H3,(H,16,17)(H2,14,15,18). The van der Waals surface area contributed by atoms with Gasteiger partial charge in [0.2, 0.25) is 0 Å². The lowest BCUT2D eigenvalue weighted by Crippen LogP contribution is -2.31. The summed E-state index contributed by atoms with van der Waals surface area (Å²) in [4.78, 5) is 22.1. The van der Waals surface area contributed by atoms with E-state index in [9.17, 15) is 9.59 Å². The number of carboxylic acid groups (broad SMARTS) is 1. The molecular weight excluding hydrogens is 347 g/mol. The molecule has 0 radical (unpaired) electrons. The van der Waals surface area contributed by atoms with E-state index in [2.05, 4.69) is 33.2 Å². The SMILES string of the molecule is CC(CCNC(=O)Nc1cccc(I)c1)C(=O)O. The normalized spacial score (nSPS) is 11.7. The Bertz CT molecular complexity index is 437. The van der Waals surface area contributed by atoms with Crippen molar-refractivity contribution in [3.8, 4) is 0 Å². The molecule has 1 unspecified atom stereocenters. The largest absolute Gasteiger partial charge is 0.481 e. The van der Waals surface area contributed by atoms with E-state index in [4.69, 9.17) is 5.11 Å². The monoisotopic (exact) mass is 362 g/mol. The fourth-order valence-electron chi connectivity index (χ4n) is 1.27. The minimum atomic E-state index is -0.852. The first-order valence-electron chi connectivity index (χ1n) is 5.52. The highest BCUT2D eigenvalue weighted by molar-refractivity contribution is 14.1. The van der Waals surface area contributed by atoms with Gasteiger partial charge in [-0.3, -0.25) is 4.79 Å². The van der Waals surface area contributed by atoms with Crippen molar-refractivity contribution in [1.29, 1.82) is 0 Å². The maximum Gasteiger partial charge on any atom is 0.319 e. The van der Waals surface area contributed by atoms with Gasteiger partial charge in [-0.2, -0.15) is 0 Å². The molecule has 0 aromatic heterocycles. The third-order valence-electron chi connectivity index (χ3n) is 2.37. The predicted octanol–water partition coefficient (Wildman–Crippen LogP) is 2.52. The number of aliphatic carboxylic acids is 1. The van der Waals surface area contributed by atoms with Crippen LogP contribution in [0.15, 0.2) is 24.3 Å². The first-order valence-corrected chi connectivity index (χ1v) is 6.60. The van der Waals surface area contributed by atoms with Gasteiger partial charge >= 0.3 is 12.0 Å². The number of amides is 2. The fraction of sp³-hybridized carbons (Fsp3) is 0.333. The smallest absolute Gasteiger partial charge is 0.319 e. The van der Waals surface area contributed by atoms with Crippen LogP contribution in [-0.2, 0) is 4.79 Å². The van der Waals surface area contributed by atoms with Gasteiger partial charge in [0.25, 0.3) is 0 Å². The molecule has 98 valence electrons. The number of halogens is 1. The zero-order valence-corrected chi connectivity index (χ0v) is 12.1. The Labute approximate surface area is 119 Å². The zero-order valence-electron chi connectivity index (χ0n) is 9.94. The second-order valence-corrected chi connectivity index (χ2v) is 5.16. The number of anilines is 1. The molecule has 0 fully saturated rings. The molecular formula is C12H15IN2O3. The van der Waals surface area contributed by atoms with Crippen LogP contribution in [-0.4, -0.2) is 23.7 Å². The zero-order chi connectivity index (χ0) is 13.5. The van der Waals surface area contributed by atoms with Gasteiger partial charge in [-0.15, -0.1) is 0 Å². The summed E-state index contributed by atoms with van der Waals surface area (Å²) in [6.45, 7) is 1.95. The molecule has 1 aromatic carbocycles. The van der Waals surface area contributed by atoms with Crippen molar-refractivity contribution in [2.75, 3.05) is 11.9 Å². The number of benzene rings is 1. The number of urea groups is 1. The van der Waals surface area contributed by atoms with Gasteiger partial charge in [0.05, 0.1) is 5.92 Å². The first kappa shape index (κ1) is 14.7. The van der Waals surface area contributed by atoms with Crippen molar-refractivity contribution in [1.82, 2.24) is 5.32 Å². The summed E-state index contributed by atoms with van der Waals surface area (Å²) >= 11 is 2.16. The molecule has 0 spiro atoms. The van der Waals surface area contributed by atoms with Crippen molar-refractivity contribution in [3.63, 3.8) is 0 Å². The summed E-state index contributed by atoms with van der Waals surface area (Å²) in [5.41, 5.74) is 0.714. The van der Waals surface area contributed by atoms with E-state index in [1.165, 1.54) is 0 Å². The Hall–Kier alpha value is -1.31. The molecule has 3 N–H and O–H groups in total. The molecule has 1 rings (SSSR count). The van der Waals surface area contributed by atoms with Crippen molar-refractivity contribution in [2.45, 2.75) is 13.3 Å². The maximum absolute atomic E-state index is 11.5. The molecule has 1 aromatic rings. The number of carbonyl (C=O) groups is 2. The molecule has 0 aliphatic heterocycles. The van der Waals surface area contributed by atoms with Gasteiger partial charge in [-0.25, -0.2) is 4.79 Å². The topological polar surface area (TPSA) is 78.4 Å². The van der Waals surface area contributed by atoms with Gasteiger partial charge in [-0.05, 0) is 47.2 Å². The second kappa shape index (κ2) is 7.20. The van der Waals surface area contributed by atoms with Crippen LogP contribution in [0.1, 0.15) is 13.3 Å². The van der Waals surface area contributed by atoms with Gasteiger partial charge in [-0.1, -0.05) is 13.0 Å². The molecule has 0 bridgehead atoms. The Kier molecular flexibility index (Phi) is 5.90. The molecule has 2 amide bonds. The average molecular weight is 362 g/mol. The number of nitrogens with one attached hydrogen (secondary N) is 2. The van der Waals surface area contributed by atoms with E-state index in [-0.39, 0.29) is 6.03 Å². The molecule has 0 saturated carbocycles. The summed E-state index contributed by atoms with van der Waals surface area (Å²) in [7, 11) is 0. The lowest BCUT2D eigenvalue weighted by molar-refractivity contribution is -0.141. The Balaban J connectivity index is 2.32. The van der Waals surface area contributed by atoms with Crippen LogP contribution in [0.3, 0.4) is 0 Å². The van der Waals surface area contributed by atoms with E-state index >= 15 is 0 Å². The van der Waals surface area contributed by atoms with Crippen LogP contribution < -0.4 is 10.6 Å². The van der Waals surface area contributed by atoms with Gasteiger partial charge in [0.15, 0.2) is 0 Å². The summed E-state index contributed by atoms with van der Waals surface area (Å²) in [6.07, 6.45) is 0.412. The maximum atomic E-state index is 11.5. The van der Waals surface area contributed by atoms with Crippen LogP contribution in [0.4, 0.5) is 10.5 Å². The number of carbonyl (C=O) groups excluding carboxylic acids is 1. The summed E-state index contributed by atoms with van der Waals surface area (Å²) < 4.78 is 1.03. The molecule has 18 heavy (non-hydrogen) atoms. The molecule has 6 heteroatoms. The molecule has 0 heterocycles. The highest BCUT2D eigenvalue weighted by Gasteiger charge is 2.10. The summed E-state index contributed by atoms with van der Waals surface area (Å²) in [5.74, 6) is -1.31. The van der Waals surface area contributed by atoms with Crippen LogP contribution in [0.5, 0.6) is 0 Å². The van der Waals surface area contributed by atoms with Crippen LogP contribution in [0, 0.1) is 9.49 Å². The van der Waals surface area contributed by atoms with E-state index in [1.807, 2.05) is 18.2 Å². The highest BCUT2D eigenvalue weighted by Crippen LogP contribution is 2.12. The van der Waals surface area contributed by atoms with E-state index in [0.717, 1.165) is 3.57 Å². The Morgan fingerprint density at radius 2 is 2.17 bits per heavy atom. The minimum Gasteiger partial charge on any atom is -0.481 e. The molecule has 0 aliphatic carbocycles. The first-order chi connectivity index (χ1) is 8.49. The molecule has 0 saturated heterocycles. The second-order valence-electron chi connectivity index (χ2n) is 3.92. The average Bonchev–Trinajstić information content (AvgIpc) is 2.28. The molecule has 0 aliphatic rings. The Morgan fingerprint density at radius 3 is 2.78 bits per heavy atom. The van der Waals surface area contributed by atoms with Crippen molar-refractivity contribution in [3.05, 3.63) is 27.8 Å². The van der Waals surface area contributed by atoms with Crippen LogP contribution in [0.2, 0.25) is 0 Å². The number of hydrogen-bond acceptors (Lipinski definition) is 2. The third kappa shape index (κ3) is 5.35. The third-order valence-corrected chi connectivity index (χ3v) is 3.04. The van der Waals surface area contributed by atoms with E-state index in [1.54, 1.807) is 13.0 Å². The van der Waals surface area contributed by atoms with Gasteiger partial charge < -0.3 is 15.7 Å². The molecule has 5 nitrogen and oxygen atoms in total. The van der Waals surface area contributed by atoms with Gasteiger partial charge in [0.1, 0.15) is 0 Å². The summed E-state index contributed by atoms with van der Waals surface area (Å²) in [5, 5.41) is 14.0. The van der Waals surface area contributed by atoms with Crippen LogP contribution >= 0.6 is 22.6 Å². The van der Waals surface area contributed by atoms with Crippen molar-refractivity contribution >= 4 is 40.3 Å². The fourth-order valence-corrected chi connectivity index (χ4v) is 1.81. The quantitative estimate of drug-likeness (QED) is 0.705. The number of rotatable bonds is 5. The van der Waals surface area contributed by atoms with Crippen LogP contribution in [0.25, 0.3) is 0 Å². The minimum absolute atomic E-state index is 0.324.